The average Bonchev–Trinajstić information content (AvgIpc) is 3.22. The zero-order valence-corrected chi connectivity index (χ0v) is 17.6. The number of rotatable bonds is 7. The Morgan fingerprint density at radius 3 is 2.52 bits per heavy atom. The largest absolute Gasteiger partial charge is 0.483 e. The number of carbonyl (C=O) groups excluding carboxylic acids is 3. The van der Waals surface area contributed by atoms with Crippen LogP contribution in [0.25, 0.3) is 0 Å². The molecule has 1 aliphatic heterocycles. The minimum Gasteiger partial charge on any atom is -0.483 e. The van der Waals surface area contributed by atoms with Gasteiger partial charge in [0.2, 0.25) is 6.79 Å². The first kappa shape index (κ1) is 21.9. The molecule has 0 spiro atoms. The van der Waals surface area contributed by atoms with Crippen LogP contribution < -0.4 is 30.4 Å². The minimum atomic E-state index is -0.583. The molecule has 9 nitrogen and oxygen atoms in total. The van der Waals surface area contributed by atoms with Crippen LogP contribution in [0.2, 0.25) is 0 Å². The Morgan fingerprint density at radius 2 is 1.74 bits per heavy atom. The molecular weight excluding hydrogens is 402 g/mol. The van der Waals surface area contributed by atoms with Gasteiger partial charge in [-0.2, -0.15) is 0 Å². The summed E-state index contributed by atoms with van der Waals surface area (Å²) in [6, 6.07) is 10.5. The molecule has 0 bridgehead atoms. The molecule has 3 N–H and O–H groups in total. The van der Waals surface area contributed by atoms with Crippen LogP contribution >= 0.6 is 0 Å². The standard InChI is InChI=1S/C22H25N3O6/c1-13(2)16-6-4-14(3)8-18(16)29-11-21(27)25-24-20(26)10-23-22(28)15-5-7-17-19(9-15)31-12-30-17/h4-9,13H,10-12H2,1-3H3,(H,23,28)(H,24,26)(H,25,27). The second kappa shape index (κ2) is 9.84. The molecule has 0 saturated heterocycles. The van der Waals surface area contributed by atoms with Crippen molar-refractivity contribution in [2.45, 2.75) is 26.7 Å². The number of carbonyl (C=O) groups is 3. The molecule has 9 heteroatoms. The van der Waals surface area contributed by atoms with Gasteiger partial charge in [-0.25, -0.2) is 0 Å². The predicted molar refractivity (Wildman–Crippen MR) is 112 cm³/mol. The van der Waals surface area contributed by atoms with Crippen molar-refractivity contribution < 1.29 is 28.6 Å². The summed E-state index contributed by atoms with van der Waals surface area (Å²) in [5.41, 5.74) is 6.84. The van der Waals surface area contributed by atoms with E-state index in [9.17, 15) is 14.4 Å². The summed E-state index contributed by atoms with van der Waals surface area (Å²) in [6.07, 6.45) is 0. The number of hydrogen-bond acceptors (Lipinski definition) is 6. The van der Waals surface area contributed by atoms with Crippen molar-refractivity contribution in [1.29, 1.82) is 0 Å². The summed E-state index contributed by atoms with van der Waals surface area (Å²) in [5, 5.41) is 2.47. The Hall–Kier alpha value is -3.75. The normalized spacial score (nSPS) is 11.7. The maximum atomic E-state index is 12.2. The van der Waals surface area contributed by atoms with Crippen molar-refractivity contribution in [3.8, 4) is 17.2 Å². The van der Waals surface area contributed by atoms with Crippen molar-refractivity contribution in [3.63, 3.8) is 0 Å². The van der Waals surface area contributed by atoms with Gasteiger partial charge in [0, 0.05) is 5.56 Å². The molecule has 1 heterocycles. The predicted octanol–water partition coefficient (Wildman–Crippen LogP) is 1.80. The molecule has 0 saturated carbocycles. The van der Waals surface area contributed by atoms with Gasteiger partial charge in [0.1, 0.15) is 5.75 Å². The highest BCUT2D eigenvalue weighted by Crippen LogP contribution is 2.32. The van der Waals surface area contributed by atoms with Gasteiger partial charge in [-0.1, -0.05) is 26.0 Å². The number of benzene rings is 2. The molecule has 1 aliphatic rings. The zero-order valence-electron chi connectivity index (χ0n) is 17.6. The van der Waals surface area contributed by atoms with E-state index in [0.29, 0.717) is 22.8 Å². The van der Waals surface area contributed by atoms with Crippen molar-refractivity contribution >= 4 is 17.7 Å². The Bertz CT molecular complexity index is 989. The fourth-order valence-corrected chi connectivity index (χ4v) is 2.91. The second-order valence-electron chi connectivity index (χ2n) is 7.33. The summed E-state index contributed by atoms with van der Waals surface area (Å²) in [5.74, 6) is 0.347. The molecule has 0 radical (unpaired) electrons. The van der Waals surface area contributed by atoms with E-state index < -0.39 is 17.7 Å². The van der Waals surface area contributed by atoms with Gasteiger partial charge in [0.15, 0.2) is 18.1 Å². The second-order valence-corrected chi connectivity index (χ2v) is 7.33. The fraction of sp³-hybridized carbons (Fsp3) is 0.318. The monoisotopic (exact) mass is 427 g/mol. The van der Waals surface area contributed by atoms with Crippen LogP contribution in [0.5, 0.6) is 17.2 Å². The molecule has 31 heavy (non-hydrogen) atoms. The summed E-state index contributed by atoms with van der Waals surface area (Å²) >= 11 is 0. The maximum absolute atomic E-state index is 12.2. The molecule has 0 aromatic heterocycles. The Kier molecular flexibility index (Phi) is 6.96. The Labute approximate surface area is 180 Å². The summed E-state index contributed by atoms with van der Waals surface area (Å²) in [4.78, 5) is 36.1. The summed E-state index contributed by atoms with van der Waals surface area (Å²) in [7, 11) is 0. The van der Waals surface area contributed by atoms with Crippen LogP contribution in [0.1, 0.15) is 41.3 Å². The third-order valence-corrected chi connectivity index (χ3v) is 4.54. The van der Waals surface area contributed by atoms with E-state index >= 15 is 0 Å². The van der Waals surface area contributed by atoms with E-state index in [1.165, 1.54) is 6.07 Å². The summed E-state index contributed by atoms with van der Waals surface area (Å²) < 4.78 is 16.0. The molecule has 164 valence electrons. The van der Waals surface area contributed by atoms with Crippen molar-refractivity contribution in [2.24, 2.45) is 0 Å². The molecule has 0 unspecified atom stereocenters. The van der Waals surface area contributed by atoms with Gasteiger partial charge < -0.3 is 19.5 Å². The lowest BCUT2D eigenvalue weighted by Crippen LogP contribution is -2.47. The van der Waals surface area contributed by atoms with Crippen LogP contribution in [0.4, 0.5) is 0 Å². The van der Waals surface area contributed by atoms with E-state index in [4.69, 9.17) is 14.2 Å². The van der Waals surface area contributed by atoms with Crippen molar-refractivity contribution in [2.75, 3.05) is 19.9 Å². The number of fused-ring (bicyclic) bond motifs is 1. The lowest BCUT2D eigenvalue weighted by molar-refractivity contribution is -0.129. The zero-order chi connectivity index (χ0) is 22.4. The van der Waals surface area contributed by atoms with E-state index in [-0.39, 0.29) is 25.9 Å². The highest BCUT2D eigenvalue weighted by molar-refractivity contribution is 5.97. The van der Waals surface area contributed by atoms with E-state index in [1.54, 1.807) is 12.1 Å². The SMILES string of the molecule is Cc1ccc(C(C)C)c(OCC(=O)NNC(=O)CNC(=O)c2ccc3c(c2)OCO3)c1. The van der Waals surface area contributed by atoms with Crippen LogP contribution in [0.15, 0.2) is 36.4 Å². The van der Waals surface area contributed by atoms with Crippen LogP contribution in [0, 0.1) is 6.92 Å². The number of ether oxygens (including phenoxy) is 3. The third kappa shape index (κ3) is 5.88. The van der Waals surface area contributed by atoms with E-state index in [0.717, 1.165) is 11.1 Å². The molecule has 0 fully saturated rings. The summed E-state index contributed by atoms with van der Waals surface area (Å²) in [6.45, 7) is 5.55. The third-order valence-electron chi connectivity index (χ3n) is 4.54. The van der Waals surface area contributed by atoms with Crippen molar-refractivity contribution in [3.05, 3.63) is 53.1 Å². The highest BCUT2D eigenvalue weighted by atomic mass is 16.7. The molecule has 2 aromatic carbocycles. The van der Waals surface area contributed by atoms with Gasteiger partial charge in [-0.3, -0.25) is 25.2 Å². The van der Waals surface area contributed by atoms with Crippen LogP contribution in [-0.2, 0) is 9.59 Å². The lowest BCUT2D eigenvalue weighted by atomic mass is 10.0. The number of hydrogen-bond donors (Lipinski definition) is 3. The number of amides is 3. The first-order valence-corrected chi connectivity index (χ1v) is 9.82. The fourth-order valence-electron chi connectivity index (χ4n) is 2.91. The molecule has 3 rings (SSSR count). The Morgan fingerprint density at radius 1 is 1.00 bits per heavy atom. The van der Waals surface area contributed by atoms with Crippen LogP contribution in [0.3, 0.4) is 0 Å². The molecule has 0 atom stereocenters. The Balaban J connectivity index is 1.41. The van der Waals surface area contributed by atoms with Crippen LogP contribution in [-0.4, -0.2) is 37.7 Å². The first-order valence-electron chi connectivity index (χ1n) is 9.82. The van der Waals surface area contributed by atoms with Gasteiger partial charge >= 0.3 is 0 Å². The average molecular weight is 427 g/mol. The first-order chi connectivity index (χ1) is 14.8. The highest BCUT2D eigenvalue weighted by Gasteiger charge is 2.17. The van der Waals surface area contributed by atoms with Crippen molar-refractivity contribution in [1.82, 2.24) is 16.2 Å². The number of hydrazine groups is 1. The number of nitrogens with one attached hydrogen (secondary N) is 3. The van der Waals surface area contributed by atoms with Gasteiger partial charge in [-0.15, -0.1) is 0 Å². The van der Waals surface area contributed by atoms with E-state index in [1.807, 2.05) is 39.0 Å². The number of aryl methyl sites for hydroxylation is 1. The maximum Gasteiger partial charge on any atom is 0.276 e. The quantitative estimate of drug-likeness (QED) is 0.581. The molecular formula is C22H25N3O6. The van der Waals surface area contributed by atoms with E-state index in [2.05, 4.69) is 16.2 Å². The van der Waals surface area contributed by atoms with Gasteiger partial charge in [0.25, 0.3) is 17.7 Å². The minimum absolute atomic E-state index is 0.106. The van der Waals surface area contributed by atoms with Gasteiger partial charge in [-0.05, 0) is 48.2 Å². The topological polar surface area (TPSA) is 115 Å². The lowest BCUT2D eigenvalue weighted by Gasteiger charge is -2.15. The molecule has 2 aromatic rings. The van der Waals surface area contributed by atoms with Gasteiger partial charge in [0.05, 0.1) is 6.54 Å². The molecule has 3 amide bonds. The molecule has 0 aliphatic carbocycles. The smallest absolute Gasteiger partial charge is 0.276 e.